The normalized spacial score (nSPS) is 10.9. The van der Waals surface area contributed by atoms with Gasteiger partial charge in [0.2, 0.25) is 5.82 Å². The number of hydrogen-bond donors (Lipinski definition) is 0. The van der Waals surface area contributed by atoms with E-state index in [1.54, 1.807) is 4.68 Å². The van der Waals surface area contributed by atoms with E-state index in [1.807, 2.05) is 20.8 Å². The zero-order valence-corrected chi connectivity index (χ0v) is 9.65. The van der Waals surface area contributed by atoms with Gasteiger partial charge in [0.1, 0.15) is 0 Å². The van der Waals surface area contributed by atoms with Crippen molar-refractivity contribution in [1.29, 1.82) is 0 Å². The van der Waals surface area contributed by atoms with Crippen LogP contribution in [-0.4, -0.2) is 18.5 Å². The Morgan fingerprint density at radius 1 is 1.21 bits per heavy atom. The molecule has 0 N–H and O–H groups in total. The van der Waals surface area contributed by atoms with Crippen molar-refractivity contribution in [2.24, 2.45) is 0 Å². The van der Waals surface area contributed by atoms with E-state index in [1.165, 1.54) is 0 Å². The second kappa shape index (κ2) is 3.33. The molecule has 0 aliphatic carbocycles. The van der Waals surface area contributed by atoms with Gasteiger partial charge in [0, 0.05) is 5.69 Å². The van der Waals surface area contributed by atoms with Crippen LogP contribution in [0.25, 0.3) is 5.82 Å². The van der Waals surface area contributed by atoms with E-state index in [9.17, 15) is 0 Å². The topological polar surface area (TPSA) is 43.6 Å². The zero-order chi connectivity index (χ0) is 10.3. The van der Waals surface area contributed by atoms with Gasteiger partial charge >= 0.3 is 0 Å². The first-order chi connectivity index (χ1) is 6.61. The molecule has 0 radical (unpaired) electrons. The Labute approximate surface area is 90.9 Å². The summed E-state index contributed by atoms with van der Waals surface area (Å²) in [7, 11) is 0. The minimum Gasteiger partial charge on any atom is -0.215 e. The lowest BCUT2D eigenvalue weighted by Crippen LogP contribution is -2.00. The maximum absolute atomic E-state index is 5.88. The fraction of sp³-hybridized carbons (Fsp3) is 0.375. The van der Waals surface area contributed by atoms with Crippen molar-refractivity contribution in [3.63, 3.8) is 0 Å². The molecule has 0 spiro atoms. The van der Waals surface area contributed by atoms with Crippen molar-refractivity contribution < 1.29 is 0 Å². The number of hydrogen-bond acceptors (Lipinski definition) is 4. The van der Waals surface area contributed by atoms with E-state index in [0.29, 0.717) is 11.0 Å². The lowest BCUT2D eigenvalue weighted by atomic mass is 10.2. The van der Waals surface area contributed by atoms with Crippen LogP contribution in [0.2, 0.25) is 5.15 Å². The van der Waals surface area contributed by atoms with Crippen LogP contribution in [-0.2, 0) is 0 Å². The summed E-state index contributed by atoms with van der Waals surface area (Å²) in [6.45, 7) is 5.99. The van der Waals surface area contributed by atoms with Crippen LogP contribution >= 0.6 is 23.3 Å². The van der Waals surface area contributed by atoms with E-state index in [-0.39, 0.29) is 0 Å². The third-order valence-electron chi connectivity index (χ3n) is 2.29. The molecule has 14 heavy (non-hydrogen) atoms. The summed E-state index contributed by atoms with van der Waals surface area (Å²) in [6.07, 6.45) is 0. The molecular formula is C8H9ClN4S. The zero-order valence-electron chi connectivity index (χ0n) is 8.08. The number of aromatic nitrogens is 4. The molecule has 0 saturated carbocycles. The first-order valence-electron chi connectivity index (χ1n) is 4.12. The van der Waals surface area contributed by atoms with Gasteiger partial charge in [-0.05, 0) is 26.3 Å². The SMILES string of the molecule is Cc1nn(-c2nsnc2Cl)c(C)c1C. The van der Waals surface area contributed by atoms with Crippen LogP contribution < -0.4 is 0 Å². The lowest BCUT2D eigenvalue weighted by Gasteiger charge is -1.98. The molecule has 0 atom stereocenters. The monoisotopic (exact) mass is 228 g/mol. The summed E-state index contributed by atoms with van der Waals surface area (Å²) in [4.78, 5) is 0. The summed E-state index contributed by atoms with van der Waals surface area (Å²) < 4.78 is 9.74. The van der Waals surface area contributed by atoms with Crippen LogP contribution in [0.4, 0.5) is 0 Å². The molecule has 0 amide bonds. The molecule has 0 aromatic carbocycles. The first kappa shape index (κ1) is 9.61. The van der Waals surface area contributed by atoms with Crippen molar-refractivity contribution in [2.75, 3.05) is 0 Å². The van der Waals surface area contributed by atoms with E-state index >= 15 is 0 Å². The smallest absolute Gasteiger partial charge is 0.206 e. The molecular weight excluding hydrogens is 220 g/mol. The molecule has 2 aromatic heterocycles. The summed E-state index contributed by atoms with van der Waals surface area (Å²) in [6, 6.07) is 0. The van der Waals surface area contributed by atoms with E-state index < -0.39 is 0 Å². The maximum Gasteiger partial charge on any atom is 0.206 e. The van der Waals surface area contributed by atoms with Crippen LogP contribution in [0.1, 0.15) is 17.0 Å². The van der Waals surface area contributed by atoms with Gasteiger partial charge in [0.05, 0.1) is 17.4 Å². The Hall–Kier alpha value is -0.940. The quantitative estimate of drug-likeness (QED) is 0.752. The Kier molecular flexibility index (Phi) is 2.28. The van der Waals surface area contributed by atoms with Gasteiger partial charge in [0.15, 0.2) is 5.15 Å². The number of aryl methyl sites for hydroxylation is 1. The van der Waals surface area contributed by atoms with Crippen molar-refractivity contribution in [2.45, 2.75) is 20.8 Å². The molecule has 0 bridgehead atoms. The predicted octanol–water partition coefficient (Wildman–Crippen LogP) is 2.30. The fourth-order valence-electron chi connectivity index (χ4n) is 1.23. The molecule has 2 rings (SSSR count). The largest absolute Gasteiger partial charge is 0.215 e. The molecule has 0 fully saturated rings. The van der Waals surface area contributed by atoms with Crippen molar-refractivity contribution >= 4 is 23.3 Å². The highest BCUT2D eigenvalue weighted by Crippen LogP contribution is 2.21. The van der Waals surface area contributed by atoms with Crippen molar-refractivity contribution in [3.05, 3.63) is 22.1 Å². The first-order valence-corrected chi connectivity index (χ1v) is 5.23. The number of halogens is 1. The van der Waals surface area contributed by atoms with Gasteiger partial charge in [-0.1, -0.05) is 11.6 Å². The highest BCUT2D eigenvalue weighted by molar-refractivity contribution is 6.99. The Morgan fingerprint density at radius 2 is 1.93 bits per heavy atom. The van der Waals surface area contributed by atoms with Gasteiger partial charge < -0.3 is 0 Å². The van der Waals surface area contributed by atoms with Crippen molar-refractivity contribution in [1.82, 2.24) is 18.5 Å². The van der Waals surface area contributed by atoms with Gasteiger partial charge in [-0.15, -0.1) is 0 Å². The van der Waals surface area contributed by atoms with Gasteiger partial charge in [-0.25, -0.2) is 4.68 Å². The molecule has 6 heteroatoms. The van der Waals surface area contributed by atoms with E-state index in [0.717, 1.165) is 28.7 Å². The second-order valence-electron chi connectivity index (χ2n) is 3.09. The summed E-state index contributed by atoms with van der Waals surface area (Å²) in [5, 5.41) is 4.75. The Bertz CT molecular complexity index is 474. The molecule has 2 aromatic rings. The fourth-order valence-corrected chi connectivity index (χ4v) is 1.93. The number of rotatable bonds is 1. The Balaban J connectivity index is 2.63. The highest BCUT2D eigenvalue weighted by atomic mass is 35.5. The second-order valence-corrected chi connectivity index (χ2v) is 3.97. The summed E-state index contributed by atoms with van der Waals surface area (Å²) >= 11 is 6.98. The molecule has 0 aliphatic heterocycles. The van der Waals surface area contributed by atoms with Crippen LogP contribution in [0.15, 0.2) is 0 Å². The third kappa shape index (κ3) is 1.33. The van der Waals surface area contributed by atoms with Crippen LogP contribution in [0.3, 0.4) is 0 Å². The molecule has 0 aliphatic rings. The average molecular weight is 229 g/mol. The van der Waals surface area contributed by atoms with Crippen LogP contribution in [0.5, 0.6) is 0 Å². The van der Waals surface area contributed by atoms with Gasteiger partial charge in [-0.2, -0.15) is 13.8 Å². The molecule has 0 saturated heterocycles. The van der Waals surface area contributed by atoms with Gasteiger partial charge in [0.25, 0.3) is 0 Å². The minimum atomic E-state index is 0.403. The van der Waals surface area contributed by atoms with Crippen LogP contribution in [0, 0.1) is 20.8 Å². The van der Waals surface area contributed by atoms with Gasteiger partial charge in [-0.3, -0.25) is 0 Å². The minimum absolute atomic E-state index is 0.403. The summed E-state index contributed by atoms with van der Waals surface area (Å²) in [5.74, 6) is 0.616. The van der Waals surface area contributed by atoms with E-state index in [4.69, 9.17) is 11.6 Å². The molecule has 2 heterocycles. The summed E-state index contributed by atoms with van der Waals surface area (Å²) in [5.41, 5.74) is 3.21. The molecule has 74 valence electrons. The average Bonchev–Trinajstić information content (AvgIpc) is 2.66. The van der Waals surface area contributed by atoms with E-state index in [2.05, 4.69) is 13.8 Å². The predicted molar refractivity (Wildman–Crippen MR) is 56.3 cm³/mol. The molecule has 4 nitrogen and oxygen atoms in total. The third-order valence-corrected chi connectivity index (χ3v) is 3.16. The van der Waals surface area contributed by atoms with Crippen molar-refractivity contribution in [3.8, 4) is 5.82 Å². The highest BCUT2D eigenvalue weighted by Gasteiger charge is 2.14. The lowest BCUT2D eigenvalue weighted by molar-refractivity contribution is 0.815. The maximum atomic E-state index is 5.88. The standard InChI is InChI=1S/C8H9ClN4S/c1-4-5(2)10-13(6(4)3)8-7(9)11-14-12-8/h1-3H3. The molecule has 0 unspecified atom stereocenters. The Morgan fingerprint density at radius 3 is 2.36 bits per heavy atom. The number of nitrogens with zero attached hydrogens (tertiary/aromatic N) is 4.